The average molecular weight is 667 g/mol. The zero-order valence-electron chi connectivity index (χ0n) is 27.6. The Hall–Kier alpha value is -7.18. The molecule has 5 heterocycles. The summed E-state index contributed by atoms with van der Waals surface area (Å²) in [7, 11) is 0. The first-order valence-electron chi connectivity index (χ1n) is 17.4. The van der Waals surface area contributed by atoms with E-state index in [2.05, 4.69) is 143 Å². The second-order valence-electron chi connectivity index (χ2n) is 13.4. The molecule has 6 nitrogen and oxygen atoms in total. The lowest BCUT2D eigenvalue weighted by Gasteiger charge is -2.15. The van der Waals surface area contributed by atoms with Gasteiger partial charge in [-0.1, -0.05) is 103 Å². The van der Waals surface area contributed by atoms with Crippen LogP contribution in [0.15, 0.2) is 167 Å². The van der Waals surface area contributed by atoms with Gasteiger partial charge in [0.1, 0.15) is 16.7 Å². The lowest BCUT2D eigenvalue weighted by molar-refractivity contribution is 0.665. The molecule has 0 N–H and O–H groups in total. The summed E-state index contributed by atoms with van der Waals surface area (Å²) in [5, 5.41) is 7.82. The first-order chi connectivity index (χ1) is 25.8. The van der Waals surface area contributed by atoms with Crippen LogP contribution in [0.1, 0.15) is 0 Å². The molecule has 0 aliphatic carbocycles. The van der Waals surface area contributed by atoms with Gasteiger partial charge in [0, 0.05) is 43.3 Å². The summed E-state index contributed by atoms with van der Waals surface area (Å²) in [6.07, 6.45) is 1.80. The quantitative estimate of drug-likeness (QED) is 0.188. The van der Waals surface area contributed by atoms with Crippen molar-refractivity contribution in [3.63, 3.8) is 0 Å². The predicted molar refractivity (Wildman–Crippen MR) is 211 cm³/mol. The molecule has 12 rings (SSSR count). The molecular formula is C46H26N4O2. The fourth-order valence-corrected chi connectivity index (χ4v) is 8.36. The van der Waals surface area contributed by atoms with Gasteiger partial charge in [0.05, 0.1) is 34.0 Å². The van der Waals surface area contributed by atoms with Crippen LogP contribution in [-0.2, 0) is 0 Å². The van der Waals surface area contributed by atoms with Gasteiger partial charge < -0.3 is 13.4 Å². The van der Waals surface area contributed by atoms with Gasteiger partial charge >= 0.3 is 0 Å². The van der Waals surface area contributed by atoms with Crippen molar-refractivity contribution in [2.75, 3.05) is 0 Å². The largest absolute Gasteiger partial charge is 0.454 e. The van der Waals surface area contributed by atoms with Crippen LogP contribution in [0, 0.1) is 0 Å². The Bertz CT molecular complexity index is 3330. The maximum atomic E-state index is 6.77. The highest BCUT2D eigenvalue weighted by Gasteiger charge is 2.23. The Labute approximate surface area is 295 Å². The molecule has 7 aromatic carbocycles. The first-order valence-corrected chi connectivity index (χ1v) is 17.4. The minimum atomic E-state index is 0.604. The van der Waals surface area contributed by atoms with Gasteiger partial charge in [0.15, 0.2) is 11.2 Å². The van der Waals surface area contributed by atoms with Crippen molar-refractivity contribution >= 4 is 87.6 Å². The summed E-state index contributed by atoms with van der Waals surface area (Å²) in [4.78, 5) is 10.0. The van der Waals surface area contributed by atoms with Crippen LogP contribution in [0.2, 0.25) is 0 Å². The molecule has 0 saturated heterocycles. The van der Waals surface area contributed by atoms with Crippen LogP contribution in [0.25, 0.3) is 110 Å². The van der Waals surface area contributed by atoms with Crippen molar-refractivity contribution in [2.45, 2.75) is 0 Å². The predicted octanol–water partition coefficient (Wildman–Crippen LogP) is 12.1. The smallest absolute Gasteiger partial charge is 0.235 e. The van der Waals surface area contributed by atoms with Crippen LogP contribution in [-0.4, -0.2) is 19.1 Å². The molecule has 0 amide bonds. The van der Waals surface area contributed by atoms with E-state index in [0.717, 1.165) is 77.3 Å². The molecule has 0 spiro atoms. The molecule has 6 heteroatoms. The number of benzene rings is 7. The molecule has 0 aliphatic rings. The Morgan fingerprint density at radius 2 is 0.981 bits per heavy atom. The highest BCUT2D eigenvalue weighted by atomic mass is 16.3. The van der Waals surface area contributed by atoms with Crippen LogP contribution in [0.3, 0.4) is 0 Å². The van der Waals surface area contributed by atoms with Crippen molar-refractivity contribution in [3.05, 3.63) is 158 Å². The SMILES string of the molecule is c1ccc2c(c1)oc1c(-n3c4ccccc4c4ccccc43)c(-c3ccc4oc5cnc(-n6c7ccccc7c7ccccc76)nc5c4c3)ccc12. The highest BCUT2D eigenvalue weighted by molar-refractivity contribution is 6.15. The van der Waals surface area contributed by atoms with Gasteiger partial charge in [-0.15, -0.1) is 0 Å². The standard InChI is InChI=1S/C46H26N4O2/c1-6-16-36-29(11-1)30-12-2-7-17-37(30)49(36)44-28(22-23-34-33-15-5-10-20-40(33)52-45(34)44)27-21-24-41-35(25-27)43-42(51-41)26-47-46(48-43)50-38-18-8-3-13-31(38)32-14-4-9-19-39(32)50/h1-26H. The molecule has 0 bridgehead atoms. The van der Waals surface area contributed by atoms with Crippen molar-refractivity contribution in [2.24, 2.45) is 0 Å². The molecular weight excluding hydrogens is 641 g/mol. The lowest BCUT2D eigenvalue weighted by Crippen LogP contribution is -2.00. The Kier molecular flexibility index (Phi) is 5.41. The van der Waals surface area contributed by atoms with E-state index in [4.69, 9.17) is 18.8 Å². The van der Waals surface area contributed by atoms with E-state index in [1.165, 1.54) is 21.5 Å². The summed E-state index contributed by atoms with van der Waals surface area (Å²) >= 11 is 0. The molecule has 52 heavy (non-hydrogen) atoms. The number of aromatic nitrogens is 4. The van der Waals surface area contributed by atoms with Gasteiger partial charge in [0.2, 0.25) is 5.95 Å². The molecule has 0 aliphatic heterocycles. The molecule has 0 unspecified atom stereocenters. The van der Waals surface area contributed by atoms with Crippen LogP contribution < -0.4 is 0 Å². The minimum absolute atomic E-state index is 0.604. The van der Waals surface area contributed by atoms with Crippen LogP contribution >= 0.6 is 0 Å². The van der Waals surface area contributed by atoms with Crippen molar-refractivity contribution in [1.29, 1.82) is 0 Å². The normalized spacial score (nSPS) is 12.2. The molecule has 0 atom stereocenters. The van der Waals surface area contributed by atoms with Gasteiger partial charge in [-0.2, -0.15) is 0 Å². The number of rotatable bonds is 3. The summed E-state index contributed by atoms with van der Waals surface area (Å²) in [6, 6.07) is 53.1. The lowest BCUT2D eigenvalue weighted by atomic mass is 9.99. The third-order valence-electron chi connectivity index (χ3n) is 10.6. The topological polar surface area (TPSA) is 61.9 Å². The summed E-state index contributed by atoms with van der Waals surface area (Å²) in [5.74, 6) is 0.604. The number of para-hydroxylation sites is 5. The van der Waals surface area contributed by atoms with Gasteiger partial charge in [-0.05, 0) is 54.1 Å². The van der Waals surface area contributed by atoms with Crippen LogP contribution in [0.4, 0.5) is 0 Å². The molecule has 0 fully saturated rings. The maximum Gasteiger partial charge on any atom is 0.235 e. The minimum Gasteiger partial charge on any atom is -0.454 e. The first kappa shape index (κ1) is 27.6. The fourth-order valence-electron chi connectivity index (χ4n) is 8.36. The Morgan fingerprint density at radius 3 is 1.63 bits per heavy atom. The second-order valence-corrected chi connectivity index (χ2v) is 13.4. The van der Waals surface area contributed by atoms with E-state index in [9.17, 15) is 0 Å². The number of hydrogen-bond donors (Lipinski definition) is 0. The van der Waals surface area contributed by atoms with E-state index in [0.29, 0.717) is 11.5 Å². The maximum absolute atomic E-state index is 6.77. The van der Waals surface area contributed by atoms with Crippen molar-refractivity contribution < 1.29 is 8.83 Å². The monoisotopic (exact) mass is 666 g/mol. The van der Waals surface area contributed by atoms with E-state index < -0.39 is 0 Å². The van der Waals surface area contributed by atoms with Gasteiger partial charge in [-0.25, -0.2) is 9.97 Å². The zero-order valence-corrected chi connectivity index (χ0v) is 27.6. The van der Waals surface area contributed by atoms with Crippen LogP contribution in [0.5, 0.6) is 0 Å². The van der Waals surface area contributed by atoms with E-state index >= 15 is 0 Å². The number of hydrogen-bond acceptors (Lipinski definition) is 4. The van der Waals surface area contributed by atoms with Crippen molar-refractivity contribution in [3.8, 4) is 22.8 Å². The molecule has 5 aromatic heterocycles. The molecule has 0 radical (unpaired) electrons. The summed E-state index contributed by atoms with van der Waals surface area (Å²) < 4.78 is 17.6. The number of furan rings is 2. The van der Waals surface area contributed by atoms with Crippen molar-refractivity contribution in [1.82, 2.24) is 19.1 Å². The number of nitrogens with zero attached hydrogens (tertiary/aromatic N) is 4. The fraction of sp³-hybridized carbons (Fsp3) is 0. The summed E-state index contributed by atoms with van der Waals surface area (Å²) in [6.45, 7) is 0. The van der Waals surface area contributed by atoms with E-state index in [-0.39, 0.29) is 0 Å². The van der Waals surface area contributed by atoms with Gasteiger partial charge in [-0.3, -0.25) is 4.57 Å². The van der Waals surface area contributed by atoms with E-state index in [1.807, 2.05) is 18.2 Å². The third kappa shape index (κ3) is 3.67. The number of fused-ring (bicyclic) bond motifs is 12. The Balaban J connectivity index is 1.15. The Morgan fingerprint density at radius 1 is 0.423 bits per heavy atom. The third-order valence-corrected chi connectivity index (χ3v) is 10.6. The average Bonchev–Trinajstić information content (AvgIpc) is 3.95. The second kappa shape index (κ2) is 10.2. The zero-order chi connectivity index (χ0) is 33.9. The molecule has 0 saturated carbocycles. The van der Waals surface area contributed by atoms with E-state index in [1.54, 1.807) is 6.20 Å². The van der Waals surface area contributed by atoms with Gasteiger partial charge in [0.25, 0.3) is 0 Å². The highest BCUT2D eigenvalue weighted by Crippen LogP contribution is 2.44. The molecule has 242 valence electrons. The molecule has 12 aromatic rings. The summed E-state index contributed by atoms with van der Waals surface area (Å²) in [5.41, 5.74) is 11.3.